The summed E-state index contributed by atoms with van der Waals surface area (Å²) in [6.07, 6.45) is -4.84. The summed E-state index contributed by atoms with van der Waals surface area (Å²) >= 11 is 0. The van der Waals surface area contributed by atoms with E-state index in [4.69, 9.17) is 5.73 Å². The molecule has 0 fully saturated rings. The summed E-state index contributed by atoms with van der Waals surface area (Å²) in [5, 5.41) is 9.30. The molecule has 0 atom stereocenters. The molecule has 1 rings (SSSR count). The van der Waals surface area contributed by atoms with E-state index in [0.717, 1.165) is 18.2 Å². The summed E-state index contributed by atoms with van der Waals surface area (Å²) in [6, 6.07) is 2.77. The Morgan fingerprint density at radius 1 is 1.41 bits per heavy atom. The van der Waals surface area contributed by atoms with Gasteiger partial charge in [0.2, 0.25) is 0 Å². The van der Waals surface area contributed by atoms with Crippen LogP contribution < -0.4 is 10.5 Å². The molecule has 0 unspecified atom stereocenters. The van der Waals surface area contributed by atoms with Crippen LogP contribution in [0.15, 0.2) is 18.2 Å². The SMILES string of the molecule is NC(=O)C#Cc1ccc(OC(F)(F)F)cc1O. The van der Waals surface area contributed by atoms with Gasteiger partial charge in [-0.2, -0.15) is 0 Å². The van der Waals surface area contributed by atoms with Crippen LogP contribution in [-0.4, -0.2) is 17.4 Å². The van der Waals surface area contributed by atoms with Crippen LogP contribution in [0, 0.1) is 11.8 Å². The lowest BCUT2D eigenvalue weighted by Gasteiger charge is -2.09. The predicted octanol–water partition coefficient (Wildman–Crippen LogP) is 1.13. The fourth-order valence-corrected chi connectivity index (χ4v) is 0.943. The fourth-order valence-electron chi connectivity index (χ4n) is 0.943. The Morgan fingerprint density at radius 2 is 2.06 bits per heavy atom. The largest absolute Gasteiger partial charge is 0.573 e. The molecule has 1 aromatic carbocycles. The van der Waals surface area contributed by atoms with Gasteiger partial charge in [0.15, 0.2) is 0 Å². The number of phenols is 1. The molecule has 0 aliphatic heterocycles. The summed E-state index contributed by atoms with van der Waals surface area (Å²) in [6.45, 7) is 0. The number of amides is 1. The maximum Gasteiger partial charge on any atom is 0.573 e. The van der Waals surface area contributed by atoms with Crippen molar-refractivity contribution in [2.24, 2.45) is 5.73 Å². The van der Waals surface area contributed by atoms with E-state index in [0.29, 0.717) is 0 Å². The van der Waals surface area contributed by atoms with Gasteiger partial charge in [0, 0.05) is 12.0 Å². The summed E-state index contributed by atoms with van der Waals surface area (Å²) in [5.41, 5.74) is 4.71. The number of nitrogens with two attached hydrogens (primary N) is 1. The molecule has 0 bridgehead atoms. The third-order valence-electron chi connectivity index (χ3n) is 1.52. The number of carbonyl (C=O) groups is 1. The van der Waals surface area contributed by atoms with Gasteiger partial charge in [0.25, 0.3) is 5.91 Å². The average Bonchev–Trinajstić information content (AvgIpc) is 2.13. The van der Waals surface area contributed by atoms with Crippen molar-refractivity contribution in [3.8, 4) is 23.3 Å². The number of halogens is 3. The van der Waals surface area contributed by atoms with E-state index in [9.17, 15) is 23.1 Å². The second-order valence-electron chi connectivity index (χ2n) is 2.84. The summed E-state index contributed by atoms with van der Waals surface area (Å²) in [7, 11) is 0. The zero-order valence-electron chi connectivity index (χ0n) is 8.21. The molecular formula is C10H6F3NO3. The molecule has 1 amide bonds. The van der Waals surface area contributed by atoms with Crippen molar-refractivity contribution in [1.82, 2.24) is 0 Å². The Labute approximate surface area is 93.8 Å². The Hall–Kier alpha value is -2.36. The van der Waals surface area contributed by atoms with Gasteiger partial charge in [-0.05, 0) is 12.1 Å². The van der Waals surface area contributed by atoms with E-state index in [2.05, 4.69) is 10.7 Å². The van der Waals surface area contributed by atoms with E-state index in [1.807, 2.05) is 5.92 Å². The summed E-state index contributed by atoms with van der Waals surface area (Å²) in [5.74, 6) is 2.09. The van der Waals surface area contributed by atoms with Crippen molar-refractivity contribution in [3.05, 3.63) is 23.8 Å². The molecule has 4 nitrogen and oxygen atoms in total. The molecule has 7 heteroatoms. The number of alkyl halides is 3. The van der Waals surface area contributed by atoms with Crippen LogP contribution in [0.4, 0.5) is 13.2 Å². The second kappa shape index (κ2) is 4.65. The highest BCUT2D eigenvalue weighted by atomic mass is 19.4. The zero-order chi connectivity index (χ0) is 13.1. The molecule has 1 aromatic rings. The number of primary amides is 1. The number of aromatic hydroxyl groups is 1. The van der Waals surface area contributed by atoms with Crippen molar-refractivity contribution in [2.45, 2.75) is 6.36 Å². The average molecular weight is 245 g/mol. The van der Waals surface area contributed by atoms with Crippen LogP contribution >= 0.6 is 0 Å². The number of hydrogen-bond donors (Lipinski definition) is 2. The van der Waals surface area contributed by atoms with Crippen LogP contribution in [0.1, 0.15) is 5.56 Å². The van der Waals surface area contributed by atoms with E-state index in [-0.39, 0.29) is 5.56 Å². The first-order valence-corrected chi connectivity index (χ1v) is 4.18. The standard InChI is InChI=1S/C10H6F3NO3/c11-10(12,13)17-7-3-1-6(8(15)5-7)2-4-9(14)16/h1,3,5,15H,(H2,14,16). The van der Waals surface area contributed by atoms with Crippen LogP contribution in [0.25, 0.3) is 0 Å². The lowest BCUT2D eigenvalue weighted by atomic mass is 10.2. The maximum absolute atomic E-state index is 11.8. The molecule has 0 radical (unpaired) electrons. The van der Waals surface area contributed by atoms with Crippen LogP contribution in [0.2, 0.25) is 0 Å². The predicted molar refractivity (Wildman–Crippen MR) is 50.9 cm³/mol. The highest BCUT2D eigenvalue weighted by Crippen LogP contribution is 2.27. The van der Waals surface area contributed by atoms with Crippen molar-refractivity contribution >= 4 is 5.91 Å². The van der Waals surface area contributed by atoms with Gasteiger partial charge >= 0.3 is 6.36 Å². The summed E-state index contributed by atoms with van der Waals surface area (Å²) in [4.78, 5) is 10.3. The molecule has 0 saturated heterocycles. The lowest BCUT2D eigenvalue weighted by Crippen LogP contribution is -2.17. The third kappa shape index (κ3) is 4.34. The van der Waals surface area contributed by atoms with Gasteiger partial charge in [-0.3, -0.25) is 4.79 Å². The first-order valence-electron chi connectivity index (χ1n) is 4.18. The van der Waals surface area contributed by atoms with Crippen molar-refractivity contribution in [1.29, 1.82) is 0 Å². The van der Waals surface area contributed by atoms with Crippen molar-refractivity contribution in [2.75, 3.05) is 0 Å². The third-order valence-corrected chi connectivity index (χ3v) is 1.52. The van der Waals surface area contributed by atoms with Gasteiger partial charge in [-0.1, -0.05) is 5.92 Å². The van der Waals surface area contributed by atoms with E-state index >= 15 is 0 Å². The van der Waals surface area contributed by atoms with Crippen molar-refractivity contribution < 1.29 is 27.8 Å². The van der Waals surface area contributed by atoms with Crippen molar-refractivity contribution in [3.63, 3.8) is 0 Å². The molecule has 0 heterocycles. The number of carbonyl (C=O) groups excluding carboxylic acids is 1. The Balaban J connectivity index is 2.96. The first-order chi connectivity index (χ1) is 7.78. The quantitative estimate of drug-likeness (QED) is 0.728. The minimum Gasteiger partial charge on any atom is -0.507 e. The molecule has 0 aliphatic carbocycles. The molecule has 0 saturated carbocycles. The van der Waals surface area contributed by atoms with Gasteiger partial charge in [0.1, 0.15) is 11.5 Å². The number of phenolic OH excluding ortho intramolecular Hbond substituents is 1. The van der Waals surface area contributed by atoms with E-state index < -0.39 is 23.8 Å². The molecule has 17 heavy (non-hydrogen) atoms. The van der Waals surface area contributed by atoms with Crippen LogP contribution in [0.5, 0.6) is 11.5 Å². The number of hydrogen-bond acceptors (Lipinski definition) is 3. The topological polar surface area (TPSA) is 72.6 Å². The normalized spacial score (nSPS) is 10.3. The number of ether oxygens (including phenoxy) is 1. The molecule has 0 spiro atoms. The van der Waals surface area contributed by atoms with Gasteiger partial charge in [-0.25, -0.2) is 0 Å². The Kier molecular flexibility index (Phi) is 3.48. The van der Waals surface area contributed by atoms with Crippen LogP contribution in [-0.2, 0) is 4.79 Å². The summed E-state index contributed by atoms with van der Waals surface area (Å²) < 4.78 is 39.1. The molecule has 90 valence electrons. The minimum absolute atomic E-state index is 0.0293. The van der Waals surface area contributed by atoms with Gasteiger partial charge in [-0.15, -0.1) is 13.2 Å². The highest BCUT2D eigenvalue weighted by Gasteiger charge is 2.31. The van der Waals surface area contributed by atoms with E-state index in [1.165, 1.54) is 0 Å². The van der Waals surface area contributed by atoms with Gasteiger partial charge < -0.3 is 15.6 Å². The zero-order valence-corrected chi connectivity index (χ0v) is 8.21. The first kappa shape index (κ1) is 12.7. The smallest absolute Gasteiger partial charge is 0.507 e. The van der Waals surface area contributed by atoms with E-state index in [1.54, 1.807) is 0 Å². The lowest BCUT2D eigenvalue weighted by molar-refractivity contribution is -0.274. The fraction of sp³-hybridized carbons (Fsp3) is 0.100. The molecule has 0 aromatic heterocycles. The minimum atomic E-state index is -4.84. The molecular weight excluding hydrogens is 239 g/mol. The molecule has 3 N–H and O–H groups in total. The Bertz CT molecular complexity index is 500. The Morgan fingerprint density at radius 3 is 2.53 bits per heavy atom. The second-order valence-corrected chi connectivity index (χ2v) is 2.84. The number of rotatable bonds is 1. The highest BCUT2D eigenvalue weighted by molar-refractivity contribution is 5.92. The molecule has 0 aliphatic rings. The number of benzene rings is 1. The van der Waals surface area contributed by atoms with Gasteiger partial charge in [0.05, 0.1) is 5.56 Å². The monoisotopic (exact) mass is 245 g/mol. The van der Waals surface area contributed by atoms with Crippen LogP contribution in [0.3, 0.4) is 0 Å². The maximum atomic E-state index is 11.8.